The summed E-state index contributed by atoms with van der Waals surface area (Å²) in [6, 6.07) is 13.4. The number of halogens is 1. The molecule has 1 aliphatic carbocycles. The van der Waals surface area contributed by atoms with Crippen LogP contribution in [0, 0.1) is 5.82 Å². The molecule has 5 nitrogen and oxygen atoms in total. The fraction of sp³-hybridized carbons (Fsp3) is 0.360. The van der Waals surface area contributed by atoms with E-state index in [9.17, 15) is 19.1 Å². The largest absolute Gasteiger partial charge is 0.394 e. The molecule has 3 atom stereocenters. The van der Waals surface area contributed by atoms with Crippen molar-refractivity contribution in [3.63, 3.8) is 0 Å². The Labute approximate surface area is 180 Å². The summed E-state index contributed by atoms with van der Waals surface area (Å²) in [4.78, 5) is 28.9. The fourth-order valence-electron chi connectivity index (χ4n) is 5.28. The Morgan fingerprint density at radius 3 is 2.48 bits per heavy atom. The number of allylic oxidation sites excluding steroid dienone is 2. The third-order valence-corrected chi connectivity index (χ3v) is 6.84. The summed E-state index contributed by atoms with van der Waals surface area (Å²) < 4.78 is 13.2. The molecular formula is C25H25FN2O3. The van der Waals surface area contributed by atoms with E-state index < -0.39 is 5.82 Å². The van der Waals surface area contributed by atoms with E-state index in [2.05, 4.69) is 30.3 Å². The molecule has 1 N–H and O–H groups in total. The zero-order valence-corrected chi connectivity index (χ0v) is 17.2. The zero-order chi connectivity index (χ0) is 21.5. The van der Waals surface area contributed by atoms with Gasteiger partial charge in [0, 0.05) is 18.0 Å². The van der Waals surface area contributed by atoms with Crippen LogP contribution in [0.2, 0.25) is 0 Å². The average Bonchev–Trinajstić information content (AvgIpc) is 3.30. The topological polar surface area (TPSA) is 60.9 Å². The molecule has 0 saturated carbocycles. The van der Waals surface area contributed by atoms with Gasteiger partial charge in [0.2, 0.25) is 5.91 Å². The van der Waals surface area contributed by atoms with Crippen molar-refractivity contribution in [2.45, 2.75) is 37.3 Å². The van der Waals surface area contributed by atoms with E-state index in [-0.39, 0.29) is 43.0 Å². The van der Waals surface area contributed by atoms with Crippen LogP contribution in [-0.4, -0.2) is 58.5 Å². The molecule has 2 amide bonds. The molecular weight excluding hydrogens is 395 g/mol. The van der Waals surface area contributed by atoms with Gasteiger partial charge in [-0.1, -0.05) is 30.3 Å². The van der Waals surface area contributed by atoms with Crippen molar-refractivity contribution < 1.29 is 19.1 Å². The minimum absolute atomic E-state index is 0.0237. The first-order valence-corrected chi connectivity index (χ1v) is 10.8. The number of aliphatic hydroxyl groups excluding tert-OH is 1. The smallest absolute Gasteiger partial charge is 0.254 e. The molecule has 2 saturated heterocycles. The second-order valence-electron chi connectivity index (χ2n) is 8.58. The molecule has 0 bridgehead atoms. The average molecular weight is 420 g/mol. The Morgan fingerprint density at radius 2 is 1.84 bits per heavy atom. The van der Waals surface area contributed by atoms with Crippen LogP contribution in [-0.2, 0) is 4.79 Å². The first-order chi connectivity index (χ1) is 15.1. The monoisotopic (exact) mass is 420 g/mol. The lowest BCUT2D eigenvalue weighted by Crippen LogP contribution is -2.73. The minimum atomic E-state index is -0.404. The third kappa shape index (κ3) is 3.45. The number of piperazine rings is 1. The van der Waals surface area contributed by atoms with Crippen molar-refractivity contribution >= 4 is 17.4 Å². The van der Waals surface area contributed by atoms with Crippen LogP contribution in [0.4, 0.5) is 4.39 Å². The summed E-state index contributed by atoms with van der Waals surface area (Å²) in [6.07, 6.45) is 5.72. The van der Waals surface area contributed by atoms with Crippen LogP contribution in [0.3, 0.4) is 0 Å². The van der Waals surface area contributed by atoms with E-state index in [1.807, 2.05) is 0 Å². The maximum Gasteiger partial charge on any atom is 0.254 e. The molecule has 2 fully saturated rings. The molecule has 0 spiro atoms. The lowest BCUT2D eigenvalue weighted by atomic mass is 9.73. The Bertz CT molecular complexity index is 1030. The number of amides is 2. The van der Waals surface area contributed by atoms with E-state index in [0.29, 0.717) is 12.1 Å². The first-order valence-electron chi connectivity index (χ1n) is 10.8. The van der Waals surface area contributed by atoms with Crippen molar-refractivity contribution in [3.8, 4) is 0 Å². The van der Waals surface area contributed by atoms with Gasteiger partial charge in [0.1, 0.15) is 12.4 Å². The van der Waals surface area contributed by atoms with Crippen molar-refractivity contribution in [2.75, 3.05) is 19.7 Å². The summed E-state index contributed by atoms with van der Waals surface area (Å²) in [7, 11) is 0. The Hall–Kier alpha value is -2.99. The Kier molecular flexibility index (Phi) is 5.10. The predicted octanol–water partition coefficient (Wildman–Crippen LogP) is 3.20. The molecule has 31 heavy (non-hydrogen) atoms. The van der Waals surface area contributed by atoms with Gasteiger partial charge in [0.15, 0.2) is 0 Å². The minimum Gasteiger partial charge on any atom is -0.394 e. The molecule has 2 aromatic carbocycles. The van der Waals surface area contributed by atoms with Crippen LogP contribution in [0.5, 0.6) is 0 Å². The number of carbonyl (C=O) groups is 2. The number of rotatable bonds is 4. The molecule has 0 unspecified atom stereocenters. The zero-order valence-electron chi connectivity index (χ0n) is 17.2. The summed E-state index contributed by atoms with van der Waals surface area (Å²) in [5, 5.41) is 9.96. The van der Waals surface area contributed by atoms with E-state index >= 15 is 0 Å². The summed E-state index contributed by atoms with van der Waals surface area (Å²) in [5.41, 5.74) is 4.05. The van der Waals surface area contributed by atoms with Gasteiger partial charge in [-0.15, -0.1) is 0 Å². The highest BCUT2D eigenvalue weighted by molar-refractivity contribution is 5.97. The number of hydrogen-bond donors (Lipinski definition) is 1. The number of aliphatic hydroxyl groups is 1. The van der Waals surface area contributed by atoms with Crippen molar-refractivity contribution in [2.24, 2.45) is 0 Å². The number of benzene rings is 2. The van der Waals surface area contributed by atoms with Gasteiger partial charge in [0.25, 0.3) is 5.91 Å². The van der Waals surface area contributed by atoms with E-state index in [0.717, 1.165) is 18.4 Å². The highest BCUT2D eigenvalue weighted by Crippen LogP contribution is 2.43. The standard InChI is InChI=1S/C25H25FN2O3/c26-20-11-9-19(10-12-20)25(31)27-13-21-24(22(15-29)28(21)23(30)14-27)18-7-5-17(6-8-18)16-3-1-2-4-16/h3,5-12,21-22,24,29H,1-2,4,13-15H2/t21-,22-,24-/m0/s1. The predicted molar refractivity (Wildman–Crippen MR) is 115 cm³/mol. The molecule has 2 aliphatic heterocycles. The number of fused-ring (bicyclic) bond motifs is 1. The van der Waals surface area contributed by atoms with E-state index in [1.165, 1.54) is 46.7 Å². The molecule has 2 aromatic rings. The summed E-state index contributed by atoms with van der Waals surface area (Å²) >= 11 is 0. The van der Waals surface area contributed by atoms with E-state index in [4.69, 9.17) is 0 Å². The second-order valence-corrected chi connectivity index (χ2v) is 8.58. The number of carbonyl (C=O) groups excluding carboxylic acids is 2. The van der Waals surface area contributed by atoms with Gasteiger partial charge >= 0.3 is 0 Å². The van der Waals surface area contributed by atoms with Crippen LogP contribution in [0.25, 0.3) is 5.57 Å². The highest BCUT2D eigenvalue weighted by atomic mass is 19.1. The summed E-state index contributed by atoms with van der Waals surface area (Å²) in [6.45, 7) is 0.269. The first kappa shape index (κ1) is 19.9. The summed E-state index contributed by atoms with van der Waals surface area (Å²) in [5.74, 6) is -0.860. The normalized spacial score (nSPS) is 25.2. The van der Waals surface area contributed by atoms with E-state index in [1.54, 1.807) is 4.90 Å². The molecule has 6 heteroatoms. The lowest BCUT2D eigenvalue weighted by molar-refractivity contribution is -0.159. The van der Waals surface area contributed by atoms with Crippen molar-refractivity contribution in [1.82, 2.24) is 9.80 Å². The van der Waals surface area contributed by atoms with Crippen LogP contribution < -0.4 is 0 Å². The second kappa shape index (κ2) is 7.93. The maximum absolute atomic E-state index is 13.2. The SMILES string of the molecule is O=C(c1ccc(F)cc1)N1CC(=O)N2[C@@H](CO)[C@@H](c3ccc(C4=CCCC4)cc3)[C@@H]2C1. The van der Waals surface area contributed by atoms with Crippen molar-refractivity contribution in [3.05, 3.63) is 77.1 Å². The van der Waals surface area contributed by atoms with Gasteiger partial charge < -0.3 is 14.9 Å². The Balaban J connectivity index is 1.37. The maximum atomic E-state index is 13.2. The quantitative estimate of drug-likeness (QED) is 0.826. The fourth-order valence-corrected chi connectivity index (χ4v) is 5.28. The van der Waals surface area contributed by atoms with Crippen LogP contribution >= 0.6 is 0 Å². The van der Waals surface area contributed by atoms with Crippen LogP contribution in [0.15, 0.2) is 54.6 Å². The molecule has 0 aromatic heterocycles. The third-order valence-electron chi connectivity index (χ3n) is 6.84. The molecule has 3 aliphatic rings. The number of hydrogen-bond acceptors (Lipinski definition) is 3. The van der Waals surface area contributed by atoms with Gasteiger partial charge in [-0.25, -0.2) is 4.39 Å². The Morgan fingerprint density at radius 1 is 1.10 bits per heavy atom. The number of nitrogens with zero attached hydrogens (tertiary/aromatic N) is 2. The molecule has 160 valence electrons. The van der Waals surface area contributed by atoms with Gasteiger partial charge in [0.05, 0.1) is 18.7 Å². The molecule has 0 radical (unpaired) electrons. The highest BCUT2D eigenvalue weighted by Gasteiger charge is 2.54. The van der Waals surface area contributed by atoms with Gasteiger partial charge in [-0.2, -0.15) is 0 Å². The van der Waals surface area contributed by atoms with Gasteiger partial charge in [-0.3, -0.25) is 9.59 Å². The van der Waals surface area contributed by atoms with Crippen molar-refractivity contribution in [1.29, 1.82) is 0 Å². The lowest BCUT2D eigenvalue weighted by Gasteiger charge is -2.58. The van der Waals surface area contributed by atoms with Crippen LogP contribution in [0.1, 0.15) is 46.7 Å². The van der Waals surface area contributed by atoms with Gasteiger partial charge in [-0.05, 0) is 60.2 Å². The molecule has 2 heterocycles. The molecule has 5 rings (SSSR count).